The summed E-state index contributed by atoms with van der Waals surface area (Å²) < 4.78 is 5.87. The number of benzene rings is 1. The highest BCUT2D eigenvalue weighted by Crippen LogP contribution is 2.15. The molecule has 96 valence electrons. The minimum absolute atomic E-state index is 0.269. The van der Waals surface area contributed by atoms with Gasteiger partial charge in [0.2, 0.25) is 0 Å². The number of likely N-dealkylation sites (N-methyl/N-ethyl adjacent to an activating group) is 1. The fourth-order valence-corrected chi connectivity index (χ4v) is 2.22. The topological polar surface area (TPSA) is 21.3 Å². The predicted molar refractivity (Wildman–Crippen MR) is 73.2 cm³/mol. The van der Waals surface area contributed by atoms with Crippen molar-refractivity contribution in [1.82, 2.24) is 5.32 Å². The lowest BCUT2D eigenvalue weighted by Gasteiger charge is -2.30. The Hall–Kier alpha value is -0.860. The van der Waals surface area contributed by atoms with Crippen LogP contribution in [0, 0.1) is 5.92 Å². The van der Waals surface area contributed by atoms with Gasteiger partial charge < -0.3 is 10.1 Å². The first kappa shape index (κ1) is 14.2. The van der Waals surface area contributed by atoms with Crippen LogP contribution in [-0.2, 0) is 11.2 Å². The second-order valence-electron chi connectivity index (χ2n) is 4.75. The van der Waals surface area contributed by atoms with Crippen LogP contribution < -0.4 is 5.32 Å². The van der Waals surface area contributed by atoms with E-state index in [9.17, 15) is 0 Å². The summed E-state index contributed by atoms with van der Waals surface area (Å²) in [6, 6.07) is 11.0. The molecule has 0 amide bonds. The first-order valence-electron chi connectivity index (χ1n) is 6.51. The number of hydrogen-bond acceptors (Lipinski definition) is 2. The van der Waals surface area contributed by atoms with E-state index in [1.807, 2.05) is 7.05 Å². The van der Waals surface area contributed by atoms with E-state index in [1.54, 1.807) is 0 Å². The molecule has 1 N–H and O–H groups in total. The van der Waals surface area contributed by atoms with Gasteiger partial charge >= 0.3 is 0 Å². The quantitative estimate of drug-likeness (QED) is 0.784. The average molecular weight is 235 g/mol. The molecule has 0 fully saturated rings. The third kappa shape index (κ3) is 4.49. The van der Waals surface area contributed by atoms with Crippen molar-refractivity contribution in [1.29, 1.82) is 0 Å². The Balaban J connectivity index is 2.69. The molecule has 0 heterocycles. The lowest BCUT2D eigenvalue weighted by atomic mass is 9.94. The molecule has 2 nitrogen and oxygen atoms in total. The number of rotatable bonds is 7. The predicted octanol–water partition coefficient (Wildman–Crippen LogP) is 2.88. The van der Waals surface area contributed by atoms with E-state index in [0.717, 1.165) is 13.0 Å². The van der Waals surface area contributed by atoms with Gasteiger partial charge in [-0.15, -0.1) is 0 Å². The number of ether oxygens (including phenoxy) is 1. The van der Waals surface area contributed by atoms with Crippen LogP contribution in [0.4, 0.5) is 0 Å². The van der Waals surface area contributed by atoms with Gasteiger partial charge in [-0.1, -0.05) is 44.2 Å². The fourth-order valence-electron chi connectivity index (χ4n) is 2.22. The Kier molecular flexibility index (Phi) is 6.23. The zero-order chi connectivity index (χ0) is 12.7. The summed E-state index contributed by atoms with van der Waals surface area (Å²) in [7, 11) is 2.02. The van der Waals surface area contributed by atoms with Gasteiger partial charge in [0.1, 0.15) is 0 Å². The molecule has 2 atom stereocenters. The fraction of sp³-hybridized carbons (Fsp3) is 0.600. The number of nitrogens with one attached hydrogen (secondary N) is 1. The monoisotopic (exact) mass is 235 g/mol. The van der Waals surface area contributed by atoms with Gasteiger partial charge in [-0.05, 0) is 31.9 Å². The molecular weight excluding hydrogens is 210 g/mol. The van der Waals surface area contributed by atoms with Gasteiger partial charge in [-0.3, -0.25) is 0 Å². The molecule has 0 aliphatic rings. The Bertz CT molecular complexity index is 297. The summed E-state index contributed by atoms with van der Waals surface area (Å²) in [5.74, 6) is 0.524. The van der Waals surface area contributed by atoms with Crippen molar-refractivity contribution in [3.8, 4) is 0 Å². The third-order valence-electron chi connectivity index (χ3n) is 3.08. The van der Waals surface area contributed by atoms with Crippen LogP contribution in [0.1, 0.15) is 26.3 Å². The summed E-state index contributed by atoms with van der Waals surface area (Å²) in [6.45, 7) is 7.27. The second kappa shape index (κ2) is 7.46. The molecular formula is C15H25NO. The number of hydrogen-bond donors (Lipinski definition) is 1. The van der Waals surface area contributed by atoms with Crippen molar-refractivity contribution in [3.63, 3.8) is 0 Å². The summed E-state index contributed by atoms with van der Waals surface area (Å²) in [5.41, 5.74) is 1.36. The largest absolute Gasteiger partial charge is 0.377 e. The van der Waals surface area contributed by atoms with Crippen molar-refractivity contribution >= 4 is 0 Å². The Morgan fingerprint density at radius 1 is 1.18 bits per heavy atom. The molecule has 0 saturated heterocycles. The van der Waals surface area contributed by atoms with Crippen LogP contribution in [0.3, 0.4) is 0 Å². The van der Waals surface area contributed by atoms with Crippen LogP contribution in [0.2, 0.25) is 0 Å². The molecule has 17 heavy (non-hydrogen) atoms. The van der Waals surface area contributed by atoms with E-state index in [4.69, 9.17) is 4.74 Å². The molecule has 1 aromatic rings. The Morgan fingerprint density at radius 3 is 2.29 bits per heavy atom. The zero-order valence-electron chi connectivity index (χ0n) is 11.4. The first-order chi connectivity index (χ1) is 8.19. The molecule has 0 bridgehead atoms. The minimum Gasteiger partial charge on any atom is -0.377 e. The molecule has 2 unspecified atom stereocenters. The molecule has 0 aliphatic carbocycles. The normalized spacial score (nSPS) is 14.9. The molecule has 0 aliphatic heterocycles. The average Bonchev–Trinajstić information content (AvgIpc) is 2.34. The maximum atomic E-state index is 5.87. The maximum absolute atomic E-state index is 5.87. The summed E-state index contributed by atoms with van der Waals surface area (Å²) in [5, 5.41) is 3.39. The third-order valence-corrected chi connectivity index (χ3v) is 3.08. The Morgan fingerprint density at radius 2 is 1.82 bits per heavy atom. The van der Waals surface area contributed by atoms with Crippen LogP contribution in [0.5, 0.6) is 0 Å². The molecule has 0 aromatic heterocycles. The van der Waals surface area contributed by atoms with Gasteiger partial charge in [0.25, 0.3) is 0 Å². The zero-order valence-corrected chi connectivity index (χ0v) is 11.4. The van der Waals surface area contributed by atoms with E-state index in [2.05, 4.69) is 56.4 Å². The summed E-state index contributed by atoms with van der Waals surface area (Å²) >= 11 is 0. The SMILES string of the molecule is CCOC(C(C)C)C(Cc1ccccc1)NC. The van der Waals surface area contributed by atoms with Crippen molar-refractivity contribution in [2.24, 2.45) is 5.92 Å². The molecule has 0 spiro atoms. The molecule has 0 radical (unpaired) electrons. The lowest BCUT2D eigenvalue weighted by Crippen LogP contribution is -2.44. The van der Waals surface area contributed by atoms with E-state index in [0.29, 0.717) is 12.0 Å². The highest BCUT2D eigenvalue weighted by molar-refractivity contribution is 5.16. The van der Waals surface area contributed by atoms with Crippen molar-refractivity contribution < 1.29 is 4.74 Å². The minimum atomic E-state index is 0.269. The maximum Gasteiger partial charge on any atom is 0.0753 e. The van der Waals surface area contributed by atoms with Crippen LogP contribution in [0.25, 0.3) is 0 Å². The second-order valence-corrected chi connectivity index (χ2v) is 4.75. The van der Waals surface area contributed by atoms with Gasteiger partial charge in [-0.2, -0.15) is 0 Å². The van der Waals surface area contributed by atoms with Gasteiger partial charge in [0, 0.05) is 12.6 Å². The first-order valence-corrected chi connectivity index (χ1v) is 6.51. The Labute approximate surface area is 105 Å². The van der Waals surface area contributed by atoms with Crippen molar-refractivity contribution in [2.45, 2.75) is 39.3 Å². The van der Waals surface area contributed by atoms with E-state index < -0.39 is 0 Å². The van der Waals surface area contributed by atoms with Gasteiger partial charge in [0.15, 0.2) is 0 Å². The molecule has 2 heteroatoms. The van der Waals surface area contributed by atoms with Crippen molar-refractivity contribution in [2.75, 3.05) is 13.7 Å². The van der Waals surface area contributed by atoms with Crippen molar-refractivity contribution in [3.05, 3.63) is 35.9 Å². The highest BCUT2D eigenvalue weighted by Gasteiger charge is 2.23. The standard InChI is InChI=1S/C15H25NO/c1-5-17-15(12(2)3)14(16-4)11-13-9-7-6-8-10-13/h6-10,12,14-16H,5,11H2,1-4H3. The van der Waals surface area contributed by atoms with Crippen LogP contribution in [0.15, 0.2) is 30.3 Å². The molecule has 1 aromatic carbocycles. The van der Waals surface area contributed by atoms with E-state index in [-0.39, 0.29) is 6.10 Å². The van der Waals surface area contributed by atoms with Crippen LogP contribution >= 0.6 is 0 Å². The van der Waals surface area contributed by atoms with Gasteiger partial charge in [-0.25, -0.2) is 0 Å². The van der Waals surface area contributed by atoms with E-state index >= 15 is 0 Å². The highest BCUT2D eigenvalue weighted by atomic mass is 16.5. The lowest BCUT2D eigenvalue weighted by molar-refractivity contribution is 0.00535. The van der Waals surface area contributed by atoms with Gasteiger partial charge in [0.05, 0.1) is 6.10 Å². The summed E-state index contributed by atoms with van der Waals surface area (Å²) in [4.78, 5) is 0. The summed E-state index contributed by atoms with van der Waals surface area (Å²) in [6.07, 6.45) is 1.28. The van der Waals surface area contributed by atoms with Crippen LogP contribution in [-0.4, -0.2) is 25.8 Å². The molecule has 0 saturated carbocycles. The molecule has 1 rings (SSSR count). The van der Waals surface area contributed by atoms with E-state index in [1.165, 1.54) is 5.56 Å². The smallest absolute Gasteiger partial charge is 0.0753 e.